The molecule has 1 fully saturated rings. The molecule has 2 heterocycles. The number of nitrogens with one attached hydrogen (secondary N) is 1. The normalized spacial score (nSPS) is 20.5. The highest BCUT2D eigenvalue weighted by atomic mass is 16.4. The fraction of sp³-hybridized carbons (Fsp3) is 0.389. The van der Waals surface area contributed by atoms with E-state index in [0.717, 1.165) is 10.9 Å². The zero-order valence-corrected chi connectivity index (χ0v) is 14.2. The van der Waals surface area contributed by atoms with Gasteiger partial charge in [0.2, 0.25) is 0 Å². The van der Waals surface area contributed by atoms with Gasteiger partial charge in [-0.1, -0.05) is 13.0 Å². The standard InChI is InChI=1S/C18H21N3O4/c1-11-7-13(17(23)24)10-21(9-11)18(25)19-14-5-3-12-4-6-16(22)20(2)15(12)8-14/h3-6,8,11,13H,7,9-10H2,1-2H3,(H,19,25)(H,23,24). The highest BCUT2D eigenvalue weighted by Gasteiger charge is 2.31. The maximum Gasteiger partial charge on any atom is 0.321 e. The highest BCUT2D eigenvalue weighted by Crippen LogP contribution is 2.23. The predicted molar refractivity (Wildman–Crippen MR) is 94.7 cm³/mol. The van der Waals surface area contributed by atoms with Crippen LogP contribution in [-0.4, -0.2) is 39.7 Å². The molecule has 7 heteroatoms. The highest BCUT2D eigenvalue weighted by molar-refractivity contribution is 5.93. The van der Waals surface area contributed by atoms with E-state index in [9.17, 15) is 19.5 Å². The Morgan fingerprint density at radius 3 is 2.64 bits per heavy atom. The minimum atomic E-state index is -0.870. The number of piperidine rings is 1. The first-order valence-electron chi connectivity index (χ1n) is 8.23. The minimum Gasteiger partial charge on any atom is -0.481 e. The molecule has 0 bridgehead atoms. The van der Waals surface area contributed by atoms with E-state index in [1.165, 1.54) is 10.6 Å². The van der Waals surface area contributed by atoms with Crippen LogP contribution in [0.5, 0.6) is 0 Å². The van der Waals surface area contributed by atoms with Gasteiger partial charge in [0.05, 0.1) is 11.4 Å². The first kappa shape index (κ1) is 17.0. The van der Waals surface area contributed by atoms with Gasteiger partial charge in [-0.2, -0.15) is 0 Å². The lowest BCUT2D eigenvalue weighted by atomic mass is 9.91. The Labute approximate surface area is 144 Å². The number of nitrogens with zero attached hydrogens (tertiary/aromatic N) is 2. The monoisotopic (exact) mass is 343 g/mol. The van der Waals surface area contributed by atoms with E-state index in [4.69, 9.17) is 0 Å². The predicted octanol–water partition coefficient (Wildman–Crippen LogP) is 2.11. The largest absolute Gasteiger partial charge is 0.481 e. The van der Waals surface area contributed by atoms with Gasteiger partial charge >= 0.3 is 12.0 Å². The van der Waals surface area contributed by atoms with Gasteiger partial charge in [-0.25, -0.2) is 4.79 Å². The average Bonchev–Trinajstić information content (AvgIpc) is 2.58. The van der Waals surface area contributed by atoms with E-state index < -0.39 is 11.9 Å². The number of carboxylic acid groups (broad SMARTS) is 1. The molecule has 2 atom stereocenters. The lowest BCUT2D eigenvalue weighted by molar-refractivity contribution is -0.143. The van der Waals surface area contributed by atoms with Crippen LogP contribution in [0.2, 0.25) is 0 Å². The van der Waals surface area contributed by atoms with Crippen molar-refractivity contribution in [3.05, 3.63) is 40.7 Å². The summed E-state index contributed by atoms with van der Waals surface area (Å²) in [5.74, 6) is -1.27. The minimum absolute atomic E-state index is 0.120. The van der Waals surface area contributed by atoms with Crippen molar-refractivity contribution in [2.24, 2.45) is 18.9 Å². The quantitative estimate of drug-likeness (QED) is 0.874. The van der Waals surface area contributed by atoms with E-state index in [1.54, 1.807) is 30.1 Å². The Morgan fingerprint density at radius 1 is 1.20 bits per heavy atom. The number of fused-ring (bicyclic) bond motifs is 1. The third kappa shape index (κ3) is 3.50. The van der Waals surface area contributed by atoms with Gasteiger partial charge in [0.25, 0.3) is 5.56 Å². The number of carboxylic acids is 1. The van der Waals surface area contributed by atoms with E-state index in [1.807, 2.05) is 13.0 Å². The van der Waals surface area contributed by atoms with Crippen molar-refractivity contribution >= 4 is 28.6 Å². The molecule has 0 saturated carbocycles. The molecular weight excluding hydrogens is 322 g/mol. The summed E-state index contributed by atoms with van der Waals surface area (Å²) in [7, 11) is 1.68. The molecule has 25 heavy (non-hydrogen) atoms. The summed E-state index contributed by atoms with van der Waals surface area (Å²) < 4.78 is 1.52. The molecule has 1 aromatic heterocycles. The molecule has 1 saturated heterocycles. The molecule has 1 aliphatic rings. The summed E-state index contributed by atoms with van der Waals surface area (Å²) in [6, 6.07) is 8.28. The number of amides is 2. The second-order valence-corrected chi connectivity index (χ2v) is 6.72. The SMILES string of the molecule is CC1CC(C(=O)O)CN(C(=O)Nc2ccc3ccc(=O)n(C)c3c2)C1. The number of anilines is 1. The summed E-state index contributed by atoms with van der Waals surface area (Å²) in [6.45, 7) is 2.68. The average molecular weight is 343 g/mol. The van der Waals surface area contributed by atoms with Gasteiger partial charge in [0.1, 0.15) is 0 Å². The molecule has 2 unspecified atom stereocenters. The van der Waals surface area contributed by atoms with E-state index >= 15 is 0 Å². The Balaban J connectivity index is 1.80. The molecule has 2 N–H and O–H groups in total. The molecule has 2 aromatic rings. The van der Waals surface area contributed by atoms with Gasteiger partial charge in [-0.3, -0.25) is 9.59 Å². The van der Waals surface area contributed by atoms with Crippen molar-refractivity contribution in [1.29, 1.82) is 0 Å². The molecule has 2 amide bonds. The van der Waals surface area contributed by atoms with Crippen molar-refractivity contribution in [1.82, 2.24) is 9.47 Å². The second-order valence-electron chi connectivity index (χ2n) is 6.72. The van der Waals surface area contributed by atoms with Gasteiger partial charge < -0.3 is 19.9 Å². The Hall–Kier alpha value is -2.83. The molecule has 0 aliphatic carbocycles. The summed E-state index contributed by atoms with van der Waals surface area (Å²) in [6.07, 6.45) is 0.581. The summed E-state index contributed by atoms with van der Waals surface area (Å²) in [5, 5.41) is 12.9. The van der Waals surface area contributed by atoms with Crippen molar-refractivity contribution in [3.8, 4) is 0 Å². The van der Waals surface area contributed by atoms with E-state index in [2.05, 4.69) is 5.32 Å². The number of rotatable bonds is 2. The molecule has 0 radical (unpaired) electrons. The summed E-state index contributed by atoms with van der Waals surface area (Å²) in [4.78, 5) is 37.1. The molecule has 3 rings (SSSR count). The number of hydrogen-bond acceptors (Lipinski definition) is 3. The summed E-state index contributed by atoms with van der Waals surface area (Å²) in [5.41, 5.74) is 1.18. The topological polar surface area (TPSA) is 91.6 Å². The molecule has 1 aromatic carbocycles. The van der Waals surface area contributed by atoms with Gasteiger partial charge in [-0.05, 0) is 35.9 Å². The fourth-order valence-electron chi connectivity index (χ4n) is 3.34. The first-order chi connectivity index (χ1) is 11.8. The number of aromatic nitrogens is 1. The smallest absolute Gasteiger partial charge is 0.321 e. The first-order valence-corrected chi connectivity index (χ1v) is 8.23. The zero-order chi connectivity index (χ0) is 18.1. The van der Waals surface area contributed by atoms with Crippen LogP contribution in [0.25, 0.3) is 10.9 Å². The van der Waals surface area contributed by atoms with Crippen LogP contribution >= 0.6 is 0 Å². The van der Waals surface area contributed by atoms with Crippen molar-refractivity contribution in [3.63, 3.8) is 0 Å². The van der Waals surface area contributed by atoms with E-state index in [-0.39, 0.29) is 24.1 Å². The van der Waals surface area contributed by atoms with Crippen LogP contribution in [0.4, 0.5) is 10.5 Å². The molecular formula is C18H21N3O4. The number of hydrogen-bond donors (Lipinski definition) is 2. The van der Waals surface area contributed by atoms with Gasteiger partial charge in [-0.15, -0.1) is 0 Å². The zero-order valence-electron chi connectivity index (χ0n) is 14.2. The lowest BCUT2D eigenvalue weighted by Gasteiger charge is -2.34. The number of carbonyl (C=O) groups is 2. The maximum atomic E-state index is 12.5. The molecule has 0 spiro atoms. The lowest BCUT2D eigenvalue weighted by Crippen LogP contribution is -2.47. The number of aliphatic carboxylic acids is 1. The Kier molecular flexibility index (Phi) is 4.48. The third-order valence-corrected chi connectivity index (χ3v) is 4.68. The van der Waals surface area contributed by atoms with Crippen LogP contribution in [0.3, 0.4) is 0 Å². The second kappa shape index (κ2) is 6.58. The number of pyridine rings is 1. The number of benzene rings is 1. The molecule has 7 nitrogen and oxygen atoms in total. The summed E-state index contributed by atoms with van der Waals surface area (Å²) >= 11 is 0. The Bertz CT molecular complexity index is 890. The fourth-order valence-corrected chi connectivity index (χ4v) is 3.34. The van der Waals surface area contributed by atoms with Crippen LogP contribution in [-0.2, 0) is 11.8 Å². The van der Waals surface area contributed by atoms with Gasteiger partial charge in [0, 0.05) is 31.9 Å². The van der Waals surface area contributed by atoms with Crippen LogP contribution < -0.4 is 10.9 Å². The number of urea groups is 1. The van der Waals surface area contributed by atoms with Crippen LogP contribution in [0.15, 0.2) is 35.1 Å². The van der Waals surface area contributed by atoms with Gasteiger partial charge in [0.15, 0.2) is 0 Å². The molecule has 132 valence electrons. The van der Waals surface area contributed by atoms with Crippen LogP contribution in [0.1, 0.15) is 13.3 Å². The van der Waals surface area contributed by atoms with Crippen LogP contribution in [0, 0.1) is 11.8 Å². The number of carbonyl (C=O) groups excluding carboxylic acids is 1. The number of aryl methyl sites for hydroxylation is 1. The van der Waals surface area contributed by atoms with Crippen molar-refractivity contribution in [2.75, 3.05) is 18.4 Å². The van der Waals surface area contributed by atoms with E-state index in [0.29, 0.717) is 18.7 Å². The maximum absolute atomic E-state index is 12.5. The van der Waals surface area contributed by atoms with Crippen molar-refractivity contribution in [2.45, 2.75) is 13.3 Å². The molecule has 1 aliphatic heterocycles. The number of likely N-dealkylation sites (tertiary alicyclic amines) is 1. The third-order valence-electron chi connectivity index (χ3n) is 4.68. The Morgan fingerprint density at radius 2 is 1.92 bits per heavy atom. The van der Waals surface area contributed by atoms with Crippen molar-refractivity contribution < 1.29 is 14.7 Å².